The summed E-state index contributed by atoms with van der Waals surface area (Å²) >= 11 is 0. The van der Waals surface area contributed by atoms with Crippen molar-refractivity contribution in [3.63, 3.8) is 0 Å². The Balaban J connectivity index is 1.79. The molecule has 0 spiro atoms. The maximum atomic E-state index is 13.9. The van der Waals surface area contributed by atoms with E-state index >= 15 is 0 Å². The van der Waals surface area contributed by atoms with Crippen molar-refractivity contribution in [2.45, 2.75) is 20.4 Å². The highest BCUT2D eigenvalue weighted by atomic mass is 19.1. The van der Waals surface area contributed by atoms with Gasteiger partial charge in [0, 0.05) is 24.5 Å². The highest BCUT2D eigenvalue weighted by Crippen LogP contribution is 2.29. The van der Waals surface area contributed by atoms with Crippen LogP contribution in [0.3, 0.4) is 0 Å². The van der Waals surface area contributed by atoms with Gasteiger partial charge >= 0.3 is 0 Å². The molecule has 0 aliphatic carbocycles. The molecular formula is C17H16FN3O2. The highest BCUT2D eigenvalue weighted by Gasteiger charge is 2.30. The number of amides is 1. The highest BCUT2D eigenvalue weighted by molar-refractivity contribution is 6.06. The van der Waals surface area contributed by atoms with Gasteiger partial charge in [-0.2, -0.15) is 5.10 Å². The molecule has 3 heterocycles. The molecule has 23 heavy (non-hydrogen) atoms. The zero-order valence-corrected chi connectivity index (χ0v) is 12.9. The first-order valence-corrected chi connectivity index (χ1v) is 7.57. The Morgan fingerprint density at radius 1 is 1.35 bits per heavy atom. The minimum absolute atomic E-state index is 0.131. The Hall–Kier alpha value is -2.63. The van der Waals surface area contributed by atoms with E-state index in [2.05, 4.69) is 12.0 Å². The second-order valence-electron chi connectivity index (χ2n) is 6.11. The van der Waals surface area contributed by atoms with Crippen LogP contribution in [0.1, 0.15) is 23.0 Å². The van der Waals surface area contributed by atoms with Crippen LogP contribution < -0.4 is 4.90 Å². The Bertz CT molecular complexity index is 873. The fraction of sp³-hybridized carbons (Fsp3) is 0.294. The molecule has 0 radical (unpaired) electrons. The van der Waals surface area contributed by atoms with E-state index < -0.39 is 5.82 Å². The molecule has 0 bridgehead atoms. The third-order valence-corrected chi connectivity index (χ3v) is 4.26. The summed E-state index contributed by atoms with van der Waals surface area (Å²) in [7, 11) is 0. The quantitative estimate of drug-likeness (QED) is 0.692. The topological polar surface area (TPSA) is 51.3 Å². The van der Waals surface area contributed by atoms with Crippen molar-refractivity contribution in [1.82, 2.24) is 9.78 Å². The van der Waals surface area contributed by atoms with Crippen LogP contribution in [0.5, 0.6) is 0 Å². The van der Waals surface area contributed by atoms with Crippen LogP contribution in [0, 0.1) is 18.7 Å². The number of aryl methyl sites for hydroxylation is 1. The molecular weight excluding hydrogens is 297 g/mol. The number of hydrogen-bond acceptors (Lipinski definition) is 3. The first-order chi connectivity index (χ1) is 11.0. The predicted octanol–water partition coefficient (Wildman–Crippen LogP) is 3.37. The van der Waals surface area contributed by atoms with E-state index in [0.29, 0.717) is 11.9 Å². The molecule has 2 aromatic heterocycles. The number of benzene rings is 1. The molecule has 4 rings (SSSR count). The first-order valence-electron chi connectivity index (χ1n) is 7.57. The molecule has 5 nitrogen and oxygen atoms in total. The van der Waals surface area contributed by atoms with Gasteiger partial charge in [-0.25, -0.2) is 9.07 Å². The lowest BCUT2D eigenvalue weighted by molar-refractivity contribution is 0.0950. The molecule has 0 saturated carbocycles. The van der Waals surface area contributed by atoms with Crippen LogP contribution in [-0.2, 0) is 6.54 Å². The molecule has 1 amide bonds. The van der Waals surface area contributed by atoms with Crippen LogP contribution in [0.2, 0.25) is 0 Å². The number of carbonyl (C=O) groups is 1. The number of halogens is 1. The molecule has 118 valence electrons. The molecule has 3 aromatic rings. The Kier molecular flexibility index (Phi) is 3.01. The zero-order chi connectivity index (χ0) is 16.1. The molecule has 1 unspecified atom stereocenters. The number of fused-ring (bicyclic) bond motifs is 2. The van der Waals surface area contributed by atoms with Gasteiger partial charge in [-0.05, 0) is 30.5 Å². The molecule has 0 N–H and O–H groups in total. The van der Waals surface area contributed by atoms with Crippen LogP contribution in [0.15, 0.2) is 34.9 Å². The molecule has 1 aliphatic rings. The third kappa shape index (κ3) is 2.13. The van der Waals surface area contributed by atoms with Gasteiger partial charge in [0.2, 0.25) is 0 Å². The van der Waals surface area contributed by atoms with E-state index in [4.69, 9.17) is 4.42 Å². The number of hydrogen-bond donors (Lipinski definition) is 0. The van der Waals surface area contributed by atoms with Gasteiger partial charge < -0.3 is 4.42 Å². The number of nitrogens with zero attached hydrogens (tertiary/aromatic N) is 3. The summed E-state index contributed by atoms with van der Waals surface area (Å²) in [4.78, 5) is 14.5. The lowest BCUT2D eigenvalue weighted by Crippen LogP contribution is -2.41. The van der Waals surface area contributed by atoms with Crippen molar-refractivity contribution in [2.24, 2.45) is 5.92 Å². The Morgan fingerprint density at radius 3 is 2.96 bits per heavy atom. The van der Waals surface area contributed by atoms with Crippen LogP contribution >= 0.6 is 0 Å². The van der Waals surface area contributed by atoms with Gasteiger partial charge in [0.15, 0.2) is 17.2 Å². The van der Waals surface area contributed by atoms with Gasteiger partial charge in [-0.1, -0.05) is 13.0 Å². The van der Waals surface area contributed by atoms with Crippen LogP contribution in [0.25, 0.3) is 11.0 Å². The van der Waals surface area contributed by atoms with Gasteiger partial charge in [0.05, 0.1) is 6.20 Å². The van der Waals surface area contributed by atoms with Crippen LogP contribution in [-0.4, -0.2) is 22.2 Å². The summed E-state index contributed by atoms with van der Waals surface area (Å²) in [5, 5.41) is 4.87. The number of rotatable bonds is 1. The van der Waals surface area contributed by atoms with Gasteiger partial charge in [0.25, 0.3) is 5.91 Å². The Labute approximate surface area is 132 Å². The molecule has 1 aromatic carbocycles. The summed E-state index contributed by atoms with van der Waals surface area (Å²) in [6.45, 7) is 5.29. The average molecular weight is 313 g/mol. The second kappa shape index (κ2) is 4.94. The van der Waals surface area contributed by atoms with Crippen molar-refractivity contribution in [3.05, 3.63) is 47.6 Å². The van der Waals surface area contributed by atoms with Crippen molar-refractivity contribution in [2.75, 3.05) is 11.4 Å². The minimum Gasteiger partial charge on any atom is -0.448 e. The molecule has 1 aliphatic heterocycles. The van der Waals surface area contributed by atoms with E-state index in [0.717, 1.165) is 17.9 Å². The smallest absolute Gasteiger partial charge is 0.295 e. The largest absolute Gasteiger partial charge is 0.448 e. The Morgan fingerprint density at radius 2 is 2.17 bits per heavy atom. The normalized spacial score (nSPS) is 17.5. The number of anilines is 1. The minimum atomic E-state index is -0.457. The van der Waals surface area contributed by atoms with E-state index in [1.165, 1.54) is 6.07 Å². The zero-order valence-electron chi connectivity index (χ0n) is 12.9. The van der Waals surface area contributed by atoms with Crippen molar-refractivity contribution in [3.8, 4) is 0 Å². The van der Waals surface area contributed by atoms with E-state index in [-0.39, 0.29) is 23.2 Å². The average Bonchev–Trinajstić information content (AvgIpc) is 3.16. The summed E-state index contributed by atoms with van der Waals surface area (Å²) in [5.41, 5.74) is 1.01. The van der Waals surface area contributed by atoms with Gasteiger partial charge in [-0.3, -0.25) is 9.69 Å². The maximum Gasteiger partial charge on any atom is 0.295 e. The first kappa shape index (κ1) is 14.0. The van der Waals surface area contributed by atoms with Crippen molar-refractivity contribution in [1.29, 1.82) is 0 Å². The summed E-state index contributed by atoms with van der Waals surface area (Å²) in [5.74, 6) is 0.449. The monoisotopic (exact) mass is 313 g/mol. The molecule has 0 saturated heterocycles. The van der Waals surface area contributed by atoms with Gasteiger partial charge in [-0.15, -0.1) is 0 Å². The lowest BCUT2D eigenvalue weighted by Gasteiger charge is -2.30. The summed E-state index contributed by atoms with van der Waals surface area (Å²) in [6, 6.07) is 6.46. The van der Waals surface area contributed by atoms with E-state index in [1.807, 2.05) is 6.92 Å². The van der Waals surface area contributed by atoms with Crippen LogP contribution in [0.4, 0.5) is 10.2 Å². The van der Waals surface area contributed by atoms with E-state index in [9.17, 15) is 9.18 Å². The van der Waals surface area contributed by atoms with Gasteiger partial charge in [0.1, 0.15) is 5.82 Å². The fourth-order valence-corrected chi connectivity index (χ4v) is 3.10. The number of carbonyl (C=O) groups excluding carboxylic acids is 1. The summed E-state index contributed by atoms with van der Waals surface area (Å²) in [6.07, 6.45) is 1.68. The third-order valence-electron chi connectivity index (χ3n) is 4.26. The fourth-order valence-electron chi connectivity index (χ4n) is 3.10. The van der Waals surface area contributed by atoms with Crippen molar-refractivity contribution >= 4 is 22.7 Å². The molecule has 6 heteroatoms. The number of aromatic nitrogens is 2. The predicted molar refractivity (Wildman–Crippen MR) is 84.0 cm³/mol. The lowest BCUT2D eigenvalue weighted by atomic mass is 10.1. The standard InChI is InChI=1S/C17H16FN3O2/c1-10-8-20(15-5-6-19-21(15)9-10)17(22)14-7-12-11(2)3-4-13(18)16(12)23-14/h3-7,10H,8-9H2,1-2H3. The van der Waals surface area contributed by atoms with Crippen molar-refractivity contribution < 1.29 is 13.6 Å². The second-order valence-corrected chi connectivity index (χ2v) is 6.11. The number of furan rings is 1. The molecule has 0 fully saturated rings. The SMILES string of the molecule is Cc1ccc(F)c2oc(C(=O)N3CC(C)Cn4nccc43)cc12. The maximum absolute atomic E-state index is 13.9. The summed E-state index contributed by atoms with van der Waals surface area (Å²) < 4.78 is 21.2. The molecule has 1 atom stereocenters. The van der Waals surface area contributed by atoms with E-state index in [1.54, 1.807) is 34.0 Å².